The first kappa shape index (κ1) is 15.3. The number of oxazole rings is 1. The van der Waals surface area contributed by atoms with Gasteiger partial charge in [-0.05, 0) is 55.0 Å². The number of hydrogen-bond donors (Lipinski definition) is 0. The quantitative estimate of drug-likeness (QED) is 0.452. The molecule has 0 aliphatic heterocycles. The minimum Gasteiger partial charge on any atom is -0.436 e. The molecule has 0 spiro atoms. The molecule has 0 aliphatic carbocycles. The highest BCUT2D eigenvalue weighted by Crippen LogP contribution is 2.27. The summed E-state index contributed by atoms with van der Waals surface area (Å²) in [4.78, 5) is 8.97. The van der Waals surface area contributed by atoms with E-state index in [1.807, 2.05) is 49.4 Å². The van der Waals surface area contributed by atoms with E-state index in [0.29, 0.717) is 5.89 Å². The number of nitrogens with zero attached hydrogens (tertiary/aromatic N) is 2. The molecule has 0 fully saturated rings. The van der Waals surface area contributed by atoms with E-state index in [-0.39, 0.29) is 5.82 Å². The number of rotatable bonds is 3. The van der Waals surface area contributed by atoms with Crippen molar-refractivity contribution in [1.29, 1.82) is 0 Å². The zero-order valence-electron chi connectivity index (χ0n) is 13.6. The normalized spacial score (nSPS) is 11.4. The number of fused-ring (bicyclic) bond motifs is 1. The molecule has 3 nitrogen and oxygen atoms in total. The lowest BCUT2D eigenvalue weighted by Gasteiger charge is -1.95. The highest BCUT2D eigenvalue weighted by atomic mass is 19.1. The van der Waals surface area contributed by atoms with Gasteiger partial charge in [0.05, 0.1) is 5.69 Å². The van der Waals surface area contributed by atoms with Crippen LogP contribution in [-0.4, -0.2) is 11.2 Å². The molecule has 1 heterocycles. The molecule has 0 atom stereocenters. The minimum absolute atomic E-state index is 0.259. The molecule has 0 radical (unpaired) electrons. The summed E-state index contributed by atoms with van der Waals surface area (Å²) in [5.74, 6) is 0.333. The summed E-state index contributed by atoms with van der Waals surface area (Å²) in [6, 6.07) is 19.8. The van der Waals surface area contributed by atoms with Crippen LogP contribution in [0.3, 0.4) is 0 Å². The first-order valence-electron chi connectivity index (χ1n) is 7.95. The third kappa shape index (κ3) is 3.33. The molecule has 3 aromatic carbocycles. The van der Waals surface area contributed by atoms with Crippen molar-refractivity contribution in [2.24, 2.45) is 4.99 Å². The molecule has 0 aliphatic rings. The molecule has 0 amide bonds. The third-order valence-corrected chi connectivity index (χ3v) is 3.90. The maximum Gasteiger partial charge on any atom is 0.227 e. The van der Waals surface area contributed by atoms with E-state index in [1.165, 1.54) is 17.7 Å². The predicted octanol–water partition coefficient (Wildman–Crippen LogP) is 5.69. The Balaban J connectivity index is 1.63. The molecule has 0 unspecified atom stereocenters. The van der Waals surface area contributed by atoms with Gasteiger partial charge in [0.15, 0.2) is 5.58 Å². The first-order valence-corrected chi connectivity index (χ1v) is 7.95. The zero-order chi connectivity index (χ0) is 17.2. The van der Waals surface area contributed by atoms with E-state index in [0.717, 1.165) is 27.9 Å². The summed E-state index contributed by atoms with van der Waals surface area (Å²) in [7, 11) is 0. The standard InChI is InChI=1S/C21H15FN2O/c1-14-2-6-16(7-3-14)21-24-19-12-18(10-11-20(19)25-21)23-13-15-4-8-17(22)9-5-15/h2-13H,1H3. The second-order valence-electron chi connectivity index (χ2n) is 5.85. The van der Waals surface area contributed by atoms with Gasteiger partial charge in [-0.25, -0.2) is 9.37 Å². The summed E-state index contributed by atoms with van der Waals surface area (Å²) in [5, 5.41) is 0. The van der Waals surface area contributed by atoms with Crippen LogP contribution in [0, 0.1) is 12.7 Å². The number of aryl methyl sites for hydroxylation is 1. The topological polar surface area (TPSA) is 38.4 Å². The van der Waals surface area contributed by atoms with E-state index >= 15 is 0 Å². The molecule has 25 heavy (non-hydrogen) atoms. The van der Waals surface area contributed by atoms with Gasteiger partial charge in [-0.15, -0.1) is 0 Å². The lowest BCUT2D eigenvalue weighted by molar-refractivity contribution is 0.620. The molecule has 0 saturated carbocycles. The van der Waals surface area contributed by atoms with Crippen molar-refractivity contribution < 1.29 is 8.81 Å². The Morgan fingerprint density at radius 2 is 1.72 bits per heavy atom. The van der Waals surface area contributed by atoms with Gasteiger partial charge in [0, 0.05) is 11.8 Å². The molecule has 122 valence electrons. The lowest BCUT2D eigenvalue weighted by atomic mass is 10.1. The summed E-state index contributed by atoms with van der Waals surface area (Å²) in [6.45, 7) is 2.04. The molecule has 1 aromatic heterocycles. The van der Waals surface area contributed by atoms with Gasteiger partial charge in [0.25, 0.3) is 0 Å². The molecule has 0 bridgehead atoms. The maximum absolute atomic E-state index is 12.9. The molecule has 4 heteroatoms. The SMILES string of the molecule is Cc1ccc(-c2nc3cc(N=Cc4ccc(F)cc4)ccc3o2)cc1. The van der Waals surface area contributed by atoms with E-state index in [2.05, 4.69) is 9.98 Å². The average Bonchev–Trinajstić information content (AvgIpc) is 3.05. The van der Waals surface area contributed by atoms with E-state index in [9.17, 15) is 4.39 Å². The zero-order valence-corrected chi connectivity index (χ0v) is 13.6. The fourth-order valence-corrected chi connectivity index (χ4v) is 2.51. The summed E-state index contributed by atoms with van der Waals surface area (Å²) >= 11 is 0. The van der Waals surface area contributed by atoms with Crippen LogP contribution in [0.1, 0.15) is 11.1 Å². The molecule has 0 N–H and O–H groups in total. The fourth-order valence-electron chi connectivity index (χ4n) is 2.51. The van der Waals surface area contributed by atoms with Crippen molar-refractivity contribution in [2.75, 3.05) is 0 Å². The van der Waals surface area contributed by atoms with E-state index in [1.54, 1.807) is 18.3 Å². The molecular formula is C21H15FN2O. The van der Waals surface area contributed by atoms with E-state index in [4.69, 9.17) is 4.42 Å². The van der Waals surface area contributed by atoms with Crippen molar-refractivity contribution in [2.45, 2.75) is 6.92 Å². The number of halogens is 1. The van der Waals surface area contributed by atoms with Gasteiger partial charge in [-0.3, -0.25) is 4.99 Å². The number of benzene rings is 3. The molecule has 4 rings (SSSR count). The van der Waals surface area contributed by atoms with Crippen LogP contribution in [0.15, 0.2) is 76.1 Å². The highest BCUT2D eigenvalue weighted by molar-refractivity contribution is 5.84. The maximum atomic E-state index is 12.9. The van der Waals surface area contributed by atoms with Crippen molar-refractivity contribution in [3.63, 3.8) is 0 Å². The van der Waals surface area contributed by atoms with Crippen LogP contribution in [0.4, 0.5) is 10.1 Å². The van der Waals surface area contributed by atoms with Gasteiger partial charge in [0.2, 0.25) is 5.89 Å². The van der Waals surface area contributed by atoms with Crippen LogP contribution in [0.25, 0.3) is 22.6 Å². The van der Waals surface area contributed by atoms with E-state index < -0.39 is 0 Å². The Labute approximate surface area is 144 Å². The third-order valence-electron chi connectivity index (χ3n) is 3.90. The number of aromatic nitrogens is 1. The Hall–Kier alpha value is -3.27. The number of aliphatic imine (C=N–C) groups is 1. The summed E-state index contributed by atoms with van der Waals surface area (Å²) in [6.07, 6.45) is 1.70. The van der Waals surface area contributed by atoms with Crippen LogP contribution >= 0.6 is 0 Å². The second-order valence-corrected chi connectivity index (χ2v) is 5.85. The molecular weight excluding hydrogens is 315 g/mol. The van der Waals surface area contributed by atoms with Crippen molar-refractivity contribution >= 4 is 23.0 Å². The Bertz CT molecular complexity index is 1050. The monoisotopic (exact) mass is 330 g/mol. The smallest absolute Gasteiger partial charge is 0.227 e. The fraction of sp³-hybridized carbons (Fsp3) is 0.0476. The van der Waals surface area contributed by atoms with Crippen LogP contribution < -0.4 is 0 Å². The second kappa shape index (κ2) is 6.32. The molecule has 0 saturated heterocycles. The van der Waals surface area contributed by atoms with Crippen LogP contribution in [0.5, 0.6) is 0 Å². The van der Waals surface area contributed by atoms with Gasteiger partial charge in [0.1, 0.15) is 11.3 Å². The Morgan fingerprint density at radius 3 is 2.48 bits per heavy atom. The van der Waals surface area contributed by atoms with Crippen molar-refractivity contribution in [3.8, 4) is 11.5 Å². The summed E-state index contributed by atoms with van der Waals surface area (Å²) < 4.78 is 18.7. The summed E-state index contributed by atoms with van der Waals surface area (Å²) in [5.41, 5.74) is 5.21. The van der Waals surface area contributed by atoms with Crippen LogP contribution in [0.2, 0.25) is 0 Å². The first-order chi connectivity index (χ1) is 12.2. The Kier molecular flexibility index (Phi) is 3.86. The van der Waals surface area contributed by atoms with Crippen molar-refractivity contribution in [1.82, 2.24) is 4.98 Å². The Morgan fingerprint density at radius 1 is 0.960 bits per heavy atom. The van der Waals surface area contributed by atoms with Crippen molar-refractivity contribution in [3.05, 3.63) is 83.7 Å². The molecule has 4 aromatic rings. The van der Waals surface area contributed by atoms with Gasteiger partial charge < -0.3 is 4.42 Å². The average molecular weight is 330 g/mol. The predicted molar refractivity (Wildman–Crippen MR) is 97.8 cm³/mol. The lowest BCUT2D eigenvalue weighted by Crippen LogP contribution is -1.81. The minimum atomic E-state index is -0.259. The van der Waals surface area contributed by atoms with Gasteiger partial charge in [-0.2, -0.15) is 0 Å². The number of hydrogen-bond acceptors (Lipinski definition) is 3. The van der Waals surface area contributed by atoms with Gasteiger partial charge >= 0.3 is 0 Å². The highest BCUT2D eigenvalue weighted by Gasteiger charge is 2.08. The largest absolute Gasteiger partial charge is 0.436 e. The van der Waals surface area contributed by atoms with Crippen LogP contribution in [-0.2, 0) is 0 Å². The van der Waals surface area contributed by atoms with Gasteiger partial charge in [-0.1, -0.05) is 29.8 Å².